The first-order valence-electron chi connectivity index (χ1n) is 5.32. The zero-order chi connectivity index (χ0) is 12.6. The lowest BCUT2D eigenvalue weighted by Crippen LogP contribution is -2.34. The van der Waals surface area contributed by atoms with Gasteiger partial charge in [0.2, 0.25) is 0 Å². The number of nitrogen functional groups attached to an aromatic ring is 1. The number of aliphatic hydroxyl groups is 1. The summed E-state index contributed by atoms with van der Waals surface area (Å²) in [4.78, 5) is 17.5. The minimum absolute atomic E-state index is 0.220. The summed E-state index contributed by atoms with van der Waals surface area (Å²) >= 11 is 5.91. The molecule has 1 aliphatic rings. The number of nitrogens with zero attached hydrogens (tertiary/aromatic N) is 2. The van der Waals surface area contributed by atoms with Gasteiger partial charge in [-0.1, -0.05) is 11.6 Å². The minimum atomic E-state index is -0.819. The molecule has 0 aliphatic carbocycles. The smallest absolute Gasteiger partial charge is 0.255 e. The first-order chi connectivity index (χ1) is 7.89. The van der Waals surface area contributed by atoms with Crippen molar-refractivity contribution in [2.75, 3.05) is 18.8 Å². The number of aromatic nitrogens is 1. The number of hydrogen-bond acceptors (Lipinski definition) is 4. The van der Waals surface area contributed by atoms with Crippen LogP contribution in [-0.2, 0) is 0 Å². The summed E-state index contributed by atoms with van der Waals surface area (Å²) in [6, 6.07) is 1.46. The average molecular weight is 256 g/mol. The molecule has 0 spiro atoms. The predicted octanol–water partition coefficient (Wildman–Crippen LogP) is 0.914. The zero-order valence-electron chi connectivity index (χ0n) is 9.48. The van der Waals surface area contributed by atoms with Gasteiger partial charge in [-0.05, 0) is 19.4 Å². The largest absolute Gasteiger partial charge is 0.388 e. The number of carbonyl (C=O) groups is 1. The van der Waals surface area contributed by atoms with Gasteiger partial charge in [0.05, 0.1) is 16.2 Å². The second-order valence-electron chi connectivity index (χ2n) is 4.56. The molecule has 1 atom stereocenters. The van der Waals surface area contributed by atoms with Gasteiger partial charge in [0.25, 0.3) is 5.91 Å². The molecule has 17 heavy (non-hydrogen) atoms. The molecule has 0 aromatic carbocycles. The standard InChI is InChI=1S/C11H14ClN3O2/c1-11(17)2-3-15(6-11)10(16)7-4-9(13)14-5-8(7)12/h4-5,17H,2-3,6H2,1H3,(H2,13,14). The Morgan fingerprint density at radius 1 is 1.71 bits per heavy atom. The molecule has 0 saturated carbocycles. The predicted molar refractivity (Wildman–Crippen MR) is 64.8 cm³/mol. The van der Waals surface area contributed by atoms with E-state index in [9.17, 15) is 9.90 Å². The van der Waals surface area contributed by atoms with Crippen molar-refractivity contribution in [3.8, 4) is 0 Å². The quantitative estimate of drug-likeness (QED) is 0.782. The van der Waals surface area contributed by atoms with E-state index < -0.39 is 5.60 Å². The molecule has 92 valence electrons. The second-order valence-corrected chi connectivity index (χ2v) is 4.97. The molecule has 6 heteroatoms. The van der Waals surface area contributed by atoms with Crippen molar-refractivity contribution < 1.29 is 9.90 Å². The van der Waals surface area contributed by atoms with Gasteiger partial charge in [-0.15, -0.1) is 0 Å². The summed E-state index contributed by atoms with van der Waals surface area (Å²) in [5.41, 5.74) is 5.04. The van der Waals surface area contributed by atoms with Crippen LogP contribution in [0, 0.1) is 0 Å². The fourth-order valence-corrected chi connectivity index (χ4v) is 2.09. The van der Waals surface area contributed by atoms with Crippen molar-refractivity contribution in [3.63, 3.8) is 0 Å². The van der Waals surface area contributed by atoms with E-state index in [0.29, 0.717) is 25.1 Å². The third-order valence-electron chi connectivity index (χ3n) is 2.85. The highest BCUT2D eigenvalue weighted by Crippen LogP contribution is 2.25. The first kappa shape index (κ1) is 12.1. The Morgan fingerprint density at radius 3 is 3.00 bits per heavy atom. The van der Waals surface area contributed by atoms with Crippen LogP contribution in [0.3, 0.4) is 0 Å². The molecule has 0 bridgehead atoms. The normalized spacial score (nSPS) is 24.1. The molecule has 5 nitrogen and oxygen atoms in total. The second kappa shape index (κ2) is 4.16. The lowest BCUT2D eigenvalue weighted by Gasteiger charge is -2.19. The van der Waals surface area contributed by atoms with Gasteiger partial charge in [-0.3, -0.25) is 4.79 Å². The van der Waals surface area contributed by atoms with Crippen LogP contribution in [0.25, 0.3) is 0 Å². The van der Waals surface area contributed by atoms with Gasteiger partial charge >= 0.3 is 0 Å². The first-order valence-corrected chi connectivity index (χ1v) is 5.69. The van der Waals surface area contributed by atoms with Gasteiger partial charge in [0, 0.05) is 19.3 Å². The summed E-state index contributed by atoms with van der Waals surface area (Å²) in [6.45, 7) is 2.54. The maximum absolute atomic E-state index is 12.2. The molecule has 2 heterocycles. The maximum Gasteiger partial charge on any atom is 0.255 e. The van der Waals surface area contributed by atoms with E-state index in [2.05, 4.69) is 4.98 Å². The number of halogens is 1. The molecule has 1 amide bonds. The molecular weight excluding hydrogens is 242 g/mol. The van der Waals surface area contributed by atoms with E-state index in [0.717, 1.165) is 0 Å². The van der Waals surface area contributed by atoms with E-state index >= 15 is 0 Å². The van der Waals surface area contributed by atoms with Gasteiger partial charge in [0.15, 0.2) is 0 Å². The van der Waals surface area contributed by atoms with Crippen molar-refractivity contribution in [1.82, 2.24) is 9.88 Å². The zero-order valence-corrected chi connectivity index (χ0v) is 10.2. The van der Waals surface area contributed by atoms with Gasteiger partial charge in [-0.2, -0.15) is 0 Å². The van der Waals surface area contributed by atoms with E-state index in [1.54, 1.807) is 11.8 Å². The Hall–Kier alpha value is -1.33. The molecule has 2 rings (SSSR count). The number of rotatable bonds is 1. The number of carbonyl (C=O) groups excluding carboxylic acids is 1. The number of nitrogens with two attached hydrogens (primary N) is 1. The van der Waals surface area contributed by atoms with Crippen molar-refractivity contribution >= 4 is 23.3 Å². The van der Waals surface area contributed by atoms with Crippen LogP contribution in [0.15, 0.2) is 12.3 Å². The summed E-state index contributed by atoms with van der Waals surface area (Å²) in [5, 5.41) is 10.1. The SMILES string of the molecule is CC1(O)CCN(C(=O)c2cc(N)ncc2Cl)C1. The van der Waals surface area contributed by atoms with E-state index in [4.69, 9.17) is 17.3 Å². The van der Waals surface area contributed by atoms with Crippen molar-refractivity contribution in [3.05, 3.63) is 22.8 Å². The lowest BCUT2D eigenvalue weighted by molar-refractivity contribution is 0.0572. The van der Waals surface area contributed by atoms with Crippen molar-refractivity contribution in [2.24, 2.45) is 0 Å². The van der Waals surface area contributed by atoms with Crippen LogP contribution in [0.5, 0.6) is 0 Å². The number of pyridine rings is 1. The third kappa shape index (κ3) is 2.50. The Bertz CT molecular complexity index is 462. The van der Waals surface area contributed by atoms with Crippen molar-refractivity contribution in [1.29, 1.82) is 0 Å². The number of likely N-dealkylation sites (tertiary alicyclic amines) is 1. The molecular formula is C11H14ClN3O2. The van der Waals surface area contributed by atoms with Crippen LogP contribution in [0.2, 0.25) is 5.02 Å². The lowest BCUT2D eigenvalue weighted by atomic mass is 10.1. The van der Waals surface area contributed by atoms with E-state index in [-0.39, 0.29) is 16.7 Å². The molecule has 1 aromatic heterocycles. The maximum atomic E-state index is 12.2. The molecule has 1 aliphatic heterocycles. The van der Waals surface area contributed by atoms with E-state index in [1.807, 2.05) is 0 Å². The fourth-order valence-electron chi connectivity index (χ4n) is 1.91. The Balaban J connectivity index is 2.23. The Kier molecular flexibility index (Phi) is 2.97. The minimum Gasteiger partial charge on any atom is -0.388 e. The summed E-state index contributed by atoms with van der Waals surface area (Å²) < 4.78 is 0. The third-order valence-corrected chi connectivity index (χ3v) is 3.15. The highest BCUT2D eigenvalue weighted by Gasteiger charge is 2.34. The van der Waals surface area contributed by atoms with Crippen LogP contribution in [0.4, 0.5) is 5.82 Å². The number of β-amino-alcohol motifs (C(OH)–C–C–N with tert-alkyl or cyclic N) is 1. The molecule has 1 aromatic rings. The van der Waals surface area contributed by atoms with Crippen LogP contribution < -0.4 is 5.73 Å². The van der Waals surface area contributed by atoms with Crippen LogP contribution in [-0.4, -0.2) is 39.6 Å². The molecule has 1 saturated heterocycles. The topological polar surface area (TPSA) is 79.5 Å². The Morgan fingerprint density at radius 2 is 2.41 bits per heavy atom. The summed E-state index contributed by atoms with van der Waals surface area (Å²) in [5.74, 6) is 0.0329. The molecule has 1 unspecified atom stereocenters. The van der Waals surface area contributed by atoms with Gasteiger partial charge in [-0.25, -0.2) is 4.98 Å². The fraction of sp³-hybridized carbons (Fsp3) is 0.455. The monoisotopic (exact) mass is 255 g/mol. The average Bonchev–Trinajstić information content (AvgIpc) is 2.61. The van der Waals surface area contributed by atoms with Crippen LogP contribution >= 0.6 is 11.6 Å². The van der Waals surface area contributed by atoms with E-state index in [1.165, 1.54) is 12.3 Å². The number of amides is 1. The number of anilines is 1. The highest BCUT2D eigenvalue weighted by atomic mass is 35.5. The van der Waals surface area contributed by atoms with Crippen LogP contribution in [0.1, 0.15) is 23.7 Å². The summed E-state index contributed by atoms with van der Waals surface area (Å²) in [6.07, 6.45) is 1.93. The summed E-state index contributed by atoms with van der Waals surface area (Å²) in [7, 11) is 0. The van der Waals surface area contributed by atoms with Gasteiger partial charge < -0.3 is 15.7 Å². The molecule has 1 fully saturated rings. The van der Waals surface area contributed by atoms with Gasteiger partial charge in [0.1, 0.15) is 5.82 Å². The van der Waals surface area contributed by atoms with Crippen molar-refractivity contribution in [2.45, 2.75) is 18.9 Å². The molecule has 0 radical (unpaired) electrons. The highest BCUT2D eigenvalue weighted by molar-refractivity contribution is 6.33. The Labute approximate surface area is 104 Å². The number of hydrogen-bond donors (Lipinski definition) is 2. The molecule has 3 N–H and O–H groups in total.